The SMILES string of the molecule is CCOC(=O)C(CC(=O)O)NS(C)(=O)=O. The third-order valence-corrected chi connectivity index (χ3v) is 2.02. The van der Waals surface area contributed by atoms with Gasteiger partial charge in [-0.3, -0.25) is 9.59 Å². The van der Waals surface area contributed by atoms with E-state index in [1.54, 1.807) is 0 Å². The van der Waals surface area contributed by atoms with Crippen molar-refractivity contribution in [2.75, 3.05) is 12.9 Å². The summed E-state index contributed by atoms with van der Waals surface area (Å²) in [7, 11) is -3.65. The second kappa shape index (κ2) is 5.66. The van der Waals surface area contributed by atoms with Gasteiger partial charge in [-0.2, -0.15) is 0 Å². The van der Waals surface area contributed by atoms with Gasteiger partial charge in [0.05, 0.1) is 19.3 Å². The summed E-state index contributed by atoms with van der Waals surface area (Å²) in [4.78, 5) is 21.5. The number of carbonyl (C=O) groups excluding carboxylic acids is 1. The van der Waals surface area contributed by atoms with Crippen molar-refractivity contribution in [1.29, 1.82) is 0 Å². The van der Waals surface area contributed by atoms with Gasteiger partial charge in [0.25, 0.3) is 0 Å². The first-order valence-electron chi connectivity index (χ1n) is 4.12. The molecule has 0 spiro atoms. The van der Waals surface area contributed by atoms with Gasteiger partial charge in [-0.25, -0.2) is 13.1 Å². The number of carbonyl (C=O) groups is 2. The quantitative estimate of drug-likeness (QED) is 0.572. The number of ether oxygens (including phenoxy) is 1. The maximum atomic E-state index is 11.1. The molecule has 0 rings (SSSR count). The minimum absolute atomic E-state index is 0.0559. The molecule has 15 heavy (non-hydrogen) atoms. The zero-order chi connectivity index (χ0) is 12.1. The third-order valence-electron chi connectivity index (χ3n) is 1.31. The van der Waals surface area contributed by atoms with Crippen molar-refractivity contribution in [3.63, 3.8) is 0 Å². The number of aliphatic carboxylic acids is 1. The molecule has 0 saturated carbocycles. The zero-order valence-electron chi connectivity index (χ0n) is 8.39. The van der Waals surface area contributed by atoms with Crippen LogP contribution >= 0.6 is 0 Å². The van der Waals surface area contributed by atoms with E-state index >= 15 is 0 Å². The van der Waals surface area contributed by atoms with Crippen molar-refractivity contribution >= 4 is 22.0 Å². The number of sulfonamides is 1. The van der Waals surface area contributed by atoms with Gasteiger partial charge in [0.1, 0.15) is 6.04 Å². The van der Waals surface area contributed by atoms with Crippen LogP contribution in [0.25, 0.3) is 0 Å². The Morgan fingerprint density at radius 1 is 1.47 bits per heavy atom. The van der Waals surface area contributed by atoms with Gasteiger partial charge < -0.3 is 9.84 Å². The molecule has 0 bridgehead atoms. The predicted molar refractivity (Wildman–Crippen MR) is 50.7 cm³/mol. The van der Waals surface area contributed by atoms with Crippen LogP contribution in [-0.4, -0.2) is 44.4 Å². The van der Waals surface area contributed by atoms with Crippen LogP contribution in [0.5, 0.6) is 0 Å². The van der Waals surface area contributed by atoms with Crippen molar-refractivity contribution in [3.8, 4) is 0 Å². The fourth-order valence-corrected chi connectivity index (χ4v) is 1.55. The predicted octanol–water partition coefficient (Wildman–Crippen LogP) is -1.06. The summed E-state index contributed by atoms with van der Waals surface area (Å²) in [5.41, 5.74) is 0. The molecule has 0 aromatic heterocycles. The highest BCUT2D eigenvalue weighted by molar-refractivity contribution is 7.88. The minimum atomic E-state index is -3.65. The summed E-state index contributed by atoms with van der Waals surface area (Å²) in [5, 5.41) is 8.46. The summed E-state index contributed by atoms with van der Waals surface area (Å²) in [6.07, 6.45) is 0.187. The molecule has 1 atom stereocenters. The van der Waals surface area contributed by atoms with Crippen LogP contribution in [0.1, 0.15) is 13.3 Å². The molecule has 0 aromatic rings. The van der Waals surface area contributed by atoms with Crippen LogP contribution < -0.4 is 4.72 Å². The Kier molecular flexibility index (Phi) is 5.23. The van der Waals surface area contributed by atoms with Gasteiger partial charge in [-0.1, -0.05) is 0 Å². The fourth-order valence-electron chi connectivity index (χ4n) is 0.849. The number of carboxylic acids is 1. The van der Waals surface area contributed by atoms with Gasteiger partial charge in [0.2, 0.25) is 10.0 Å². The van der Waals surface area contributed by atoms with Gasteiger partial charge in [0, 0.05) is 0 Å². The molecule has 0 aliphatic heterocycles. The van der Waals surface area contributed by atoms with Crippen LogP contribution in [0.3, 0.4) is 0 Å². The Hall–Kier alpha value is -1.15. The Labute approximate surface area is 87.5 Å². The third kappa shape index (κ3) is 6.86. The normalized spacial score (nSPS) is 13.2. The second-order valence-corrected chi connectivity index (χ2v) is 4.57. The van der Waals surface area contributed by atoms with Crippen molar-refractivity contribution < 1.29 is 27.9 Å². The molecule has 0 aliphatic carbocycles. The number of hydrogen-bond donors (Lipinski definition) is 2. The summed E-state index contributed by atoms with van der Waals surface area (Å²) >= 11 is 0. The van der Waals surface area contributed by atoms with E-state index in [9.17, 15) is 18.0 Å². The van der Waals surface area contributed by atoms with Crippen LogP contribution in [0.4, 0.5) is 0 Å². The molecular weight excluding hydrogens is 226 g/mol. The number of esters is 1. The van der Waals surface area contributed by atoms with Crippen molar-refractivity contribution in [3.05, 3.63) is 0 Å². The lowest BCUT2D eigenvalue weighted by Gasteiger charge is -2.13. The number of nitrogens with one attached hydrogen (secondary N) is 1. The highest BCUT2D eigenvalue weighted by atomic mass is 32.2. The standard InChI is InChI=1S/C7H13NO6S/c1-3-14-7(11)5(4-6(9)10)8-15(2,12)13/h5,8H,3-4H2,1-2H3,(H,9,10). The molecule has 0 aliphatic rings. The topological polar surface area (TPSA) is 110 Å². The van der Waals surface area contributed by atoms with E-state index in [1.165, 1.54) is 6.92 Å². The Bertz CT molecular complexity index is 335. The highest BCUT2D eigenvalue weighted by Crippen LogP contribution is 1.98. The summed E-state index contributed by atoms with van der Waals surface area (Å²) in [6, 6.07) is -1.38. The lowest BCUT2D eigenvalue weighted by Crippen LogP contribution is -2.42. The Morgan fingerprint density at radius 2 is 2.00 bits per heavy atom. The van der Waals surface area contributed by atoms with E-state index in [2.05, 4.69) is 4.74 Å². The van der Waals surface area contributed by atoms with Crippen molar-refractivity contribution in [2.45, 2.75) is 19.4 Å². The van der Waals surface area contributed by atoms with Gasteiger partial charge in [-0.05, 0) is 6.92 Å². The van der Waals surface area contributed by atoms with Crippen molar-refractivity contribution in [1.82, 2.24) is 4.72 Å². The van der Waals surface area contributed by atoms with Gasteiger partial charge in [0.15, 0.2) is 0 Å². The van der Waals surface area contributed by atoms with Crippen LogP contribution in [0.15, 0.2) is 0 Å². The second-order valence-electron chi connectivity index (χ2n) is 2.79. The van der Waals surface area contributed by atoms with Crippen LogP contribution in [0.2, 0.25) is 0 Å². The maximum Gasteiger partial charge on any atom is 0.324 e. The molecule has 2 N–H and O–H groups in total. The molecule has 0 radical (unpaired) electrons. The zero-order valence-corrected chi connectivity index (χ0v) is 9.20. The molecule has 0 aromatic carbocycles. The number of rotatable bonds is 6. The van der Waals surface area contributed by atoms with Crippen LogP contribution in [0, 0.1) is 0 Å². The van der Waals surface area contributed by atoms with E-state index in [1.807, 2.05) is 4.72 Å². The first-order chi connectivity index (χ1) is 6.76. The number of carboxylic acid groups (broad SMARTS) is 1. The summed E-state index contributed by atoms with van der Waals surface area (Å²) in [5.74, 6) is -2.19. The molecule has 0 fully saturated rings. The lowest BCUT2D eigenvalue weighted by molar-refractivity contribution is -0.149. The average Bonchev–Trinajstić information content (AvgIpc) is 1.99. The van der Waals surface area contributed by atoms with Gasteiger partial charge >= 0.3 is 11.9 Å². The van der Waals surface area contributed by atoms with E-state index in [4.69, 9.17) is 5.11 Å². The monoisotopic (exact) mass is 239 g/mol. The average molecular weight is 239 g/mol. The molecule has 0 heterocycles. The molecule has 88 valence electrons. The molecule has 8 heteroatoms. The first kappa shape index (κ1) is 13.8. The number of hydrogen-bond acceptors (Lipinski definition) is 5. The maximum absolute atomic E-state index is 11.1. The molecule has 0 saturated heterocycles. The van der Waals surface area contributed by atoms with E-state index in [0.717, 1.165) is 6.26 Å². The Morgan fingerprint density at radius 3 is 2.33 bits per heavy atom. The minimum Gasteiger partial charge on any atom is -0.481 e. The van der Waals surface area contributed by atoms with E-state index in [0.29, 0.717) is 0 Å². The highest BCUT2D eigenvalue weighted by Gasteiger charge is 2.25. The van der Waals surface area contributed by atoms with Crippen LogP contribution in [-0.2, 0) is 24.3 Å². The molecular formula is C7H13NO6S. The fraction of sp³-hybridized carbons (Fsp3) is 0.714. The summed E-state index contributed by atoms with van der Waals surface area (Å²) in [6.45, 7) is 1.59. The first-order valence-corrected chi connectivity index (χ1v) is 6.01. The Balaban J connectivity index is 4.58. The largest absolute Gasteiger partial charge is 0.481 e. The van der Waals surface area contributed by atoms with Gasteiger partial charge in [-0.15, -0.1) is 0 Å². The summed E-state index contributed by atoms with van der Waals surface area (Å²) < 4.78 is 28.1. The molecule has 0 amide bonds. The molecule has 1 unspecified atom stereocenters. The van der Waals surface area contributed by atoms with Crippen molar-refractivity contribution in [2.24, 2.45) is 0 Å². The van der Waals surface area contributed by atoms with E-state index in [-0.39, 0.29) is 6.61 Å². The van der Waals surface area contributed by atoms with E-state index < -0.39 is 34.4 Å². The lowest BCUT2D eigenvalue weighted by atomic mass is 10.2. The smallest absolute Gasteiger partial charge is 0.324 e. The molecule has 7 nitrogen and oxygen atoms in total.